The largest absolute Gasteiger partial charge is 0.443 e. The first-order chi connectivity index (χ1) is 8.81. The fraction of sp³-hybridized carbons (Fsp3) is 0.286. The number of nitrogens with zero attached hydrogens (tertiary/aromatic N) is 1. The molecule has 1 aromatic carbocycles. The van der Waals surface area contributed by atoms with Crippen molar-refractivity contribution in [2.24, 2.45) is 0 Å². The normalized spacial score (nSPS) is 11.6. The summed E-state index contributed by atoms with van der Waals surface area (Å²) < 4.78 is 7.73. The van der Waals surface area contributed by atoms with Gasteiger partial charge in [0.15, 0.2) is 0 Å². The third-order valence-electron chi connectivity index (χ3n) is 2.51. The van der Waals surface area contributed by atoms with Gasteiger partial charge in [-0.05, 0) is 49.4 Å². The number of hydrogen-bond donors (Lipinski definition) is 0. The smallest absolute Gasteiger partial charge is 0.419 e. The molecule has 0 radical (unpaired) electrons. The van der Waals surface area contributed by atoms with Crippen LogP contribution in [0, 0.1) is 3.57 Å². The highest BCUT2D eigenvalue weighted by Crippen LogP contribution is 2.25. The molecule has 0 saturated carbocycles. The van der Waals surface area contributed by atoms with Crippen molar-refractivity contribution < 1.29 is 14.3 Å². The van der Waals surface area contributed by atoms with Crippen LogP contribution in [0.15, 0.2) is 24.4 Å². The van der Waals surface area contributed by atoms with Crippen molar-refractivity contribution in [2.45, 2.75) is 26.4 Å². The van der Waals surface area contributed by atoms with Gasteiger partial charge < -0.3 is 4.74 Å². The van der Waals surface area contributed by atoms with Gasteiger partial charge in [-0.1, -0.05) is 12.1 Å². The highest BCUT2D eigenvalue weighted by molar-refractivity contribution is 14.1. The molecule has 0 fully saturated rings. The molecule has 0 aliphatic carbocycles. The van der Waals surface area contributed by atoms with Gasteiger partial charge in [0.05, 0.1) is 5.52 Å². The first-order valence-electron chi connectivity index (χ1n) is 5.81. The van der Waals surface area contributed by atoms with Gasteiger partial charge in [-0.2, -0.15) is 0 Å². The quantitative estimate of drug-likeness (QED) is 0.565. The van der Waals surface area contributed by atoms with E-state index in [0.29, 0.717) is 11.1 Å². The van der Waals surface area contributed by atoms with Crippen molar-refractivity contribution in [1.29, 1.82) is 0 Å². The molecule has 0 amide bonds. The predicted molar refractivity (Wildman–Crippen MR) is 81.7 cm³/mol. The zero-order chi connectivity index (χ0) is 14.2. The second-order valence-corrected chi connectivity index (χ2v) is 6.38. The van der Waals surface area contributed by atoms with Crippen LogP contribution in [0.25, 0.3) is 10.9 Å². The Morgan fingerprint density at radius 2 is 2.05 bits per heavy atom. The molecule has 1 heterocycles. The summed E-state index contributed by atoms with van der Waals surface area (Å²) in [5.41, 5.74) is 0.663. The average molecular weight is 371 g/mol. The first-order valence-corrected chi connectivity index (χ1v) is 6.89. The molecule has 2 aromatic rings. The average Bonchev–Trinajstić information content (AvgIpc) is 2.64. The van der Waals surface area contributed by atoms with Crippen LogP contribution in [0.3, 0.4) is 0 Å². The molecule has 0 bridgehead atoms. The van der Waals surface area contributed by atoms with E-state index in [0.717, 1.165) is 15.2 Å². The highest BCUT2D eigenvalue weighted by Gasteiger charge is 2.20. The number of aromatic nitrogens is 1. The van der Waals surface area contributed by atoms with E-state index in [9.17, 15) is 9.59 Å². The van der Waals surface area contributed by atoms with Crippen LogP contribution >= 0.6 is 22.6 Å². The minimum atomic E-state index is -0.554. The van der Waals surface area contributed by atoms with Gasteiger partial charge in [-0.25, -0.2) is 4.79 Å². The summed E-state index contributed by atoms with van der Waals surface area (Å²) in [5.74, 6) is 0. The molecule has 0 aliphatic heterocycles. The lowest BCUT2D eigenvalue weighted by Gasteiger charge is -2.19. The van der Waals surface area contributed by atoms with E-state index < -0.39 is 11.7 Å². The lowest BCUT2D eigenvalue weighted by atomic mass is 10.2. The standard InChI is InChI=1S/C14H14INO3/c1-14(2,3)19-13(18)16-7-11(15)10-5-4-9(8-17)6-12(10)16/h4-8H,1-3H3. The molecule has 100 valence electrons. The fourth-order valence-corrected chi connectivity index (χ4v) is 2.47. The van der Waals surface area contributed by atoms with Crippen molar-refractivity contribution in [2.75, 3.05) is 0 Å². The number of benzene rings is 1. The van der Waals surface area contributed by atoms with Crippen molar-refractivity contribution >= 4 is 45.9 Å². The summed E-state index contributed by atoms with van der Waals surface area (Å²) in [4.78, 5) is 23.0. The van der Waals surface area contributed by atoms with Gasteiger partial charge in [0.2, 0.25) is 0 Å². The number of halogens is 1. The van der Waals surface area contributed by atoms with Crippen molar-refractivity contribution in [3.8, 4) is 0 Å². The highest BCUT2D eigenvalue weighted by atomic mass is 127. The van der Waals surface area contributed by atoms with Crippen LogP contribution in [-0.4, -0.2) is 22.5 Å². The Balaban J connectivity index is 2.54. The van der Waals surface area contributed by atoms with Crippen LogP contribution in [-0.2, 0) is 4.74 Å². The van der Waals surface area contributed by atoms with Gasteiger partial charge in [0.25, 0.3) is 0 Å². The van der Waals surface area contributed by atoms with Crippen LogP contribution in [0.1, 0.15) is 31.1 Å². The Hall–Kier alpha value is -1.37. The van der Waals surface area contributed by atoms with Gasteiger partial charge in [-0.15, -0.1) is 0 Å². The van der Waals surface area contributed by atoms with E-state index in [2.05, 4.69) is 22.6 Å². The number of aldehydes is 1. The second-order valence-electron chi connectivity index (χ2n) is 5.22. The number of hydrogen-bond acceptors (Lipinski definition) is 3. The molecule has 19 heavy (non-hydrogen) atoms. The topological polar surface area (TPSA) is 48.3 Å². The maximum absolute atomic E-state index is 12.1. The zero-order valence-corrected chi connectivity index (χ0v) is 13.1. The van der Waals surface area contributed by atoms with E-state index in [1.807, 2.05) is 26.8 Å². The molecule has 1 aromatic heterocycles. The number of carbonyl (C=O) groups excluding carboxylic acids is 2. The summed E-state index contributed by atoms with van der Waals surface area (Å²) in [6.07, 6.45) is 2.04. The van der Waals surface area contributed by atoms with Gasteiger partial charge >= 0.3 is 6.09 Å². The third kappa shape index (κ3) is 2.97. The first kappa shape index (κ1) is 14.0. The van der Waals surface area contributed by atoms with Crippen LogP contribution in [0.4, 0.5) is 4.79 Å². The summed E-state index contributed by atoms with van der Waals surface area (Å²) in [5, 5.41) is 0.928. The van der Waals surface area contributed by atoms with Crippen LogP contribution in [0.5, 0.6) is 0 Å². The van der Waals surface area contributed by atoms with Crippen molar-refractivity contribution in [1.82, 2.24) is 4.57 Å². The third-order valence-corrected chi connectivity index (χ3v) is 3.37. The number of carbonyl (C=O) groups is 2. The molecular formula is C14H14INO3. The Kier molecular flexibility index (Phi) is 3.66. The maximum Gasteiger partial charge on any atom is 0.419 e. The summed E-state index contributed by atoms with van der Waals surface area (Å²) in [7, 11) is 0. The lowest BCUT2D eigenvalue weighted by molar-refractivity contribution is 0.0544. The molecule has 0 unspecified atom stereocenters. The second kappa shape index (κ2) is 4.96. The van der Waals surface area contributed by atoms with E-state index in [-0.39, 0.29) is 0 Å². The Labute approximate surface area is 124 Å². The molecule has 0 atom stereocenters. The van der Waals surface area contributed by atoms with E-state index in [1.165, 1.54) is 4.57 Å². The van der Waals surface area contributed by atoms with Crippen LogP contribution in [0.2, 0.25) is 0 Å². The van der Waals surface area contributed by atoms with Crippen molar-refractivity contribution in [3.05, 3.63) is 33.5 Å². The molecule has 0 aliphatic rings. The summed E-state index contributed by atoms with van der Waals surface area (Å²) in [6.45, 7) is 5.45. The SMILES string of the molecule is CC(C)(C)OC(=O)n1cc(I)c2ccc(C=O)cc21. The van der Waals surface area contributed by atoms with Gasteiger partial charge in [0.1, 0.15) is 11.9 Å². The summed E-state index contributed by atoms with van der Waals surface area (Å²) >= 11 is 2.16. The number of ether oxygens (including phenoxy) is 1. The molecule has 2 rings (SSSR count). The summed E-state index contributed by atoms with van der Waals surface area (Å²) in [6, 6.07) is 5.26. The predicted octanol–water partition coefficient (Wildman–Crippen LogP) is 3.84. The van der Waals surface area contributed by atoms with Gasteiger partial charge in [0, 0.05) is 20.7 Å². The number of fused-ring (bicyclic) bond motifs is 1. The molecule has 0 spiro atoms. The van der Waals surface area contributed by atoms with Crippen LogP contribution < -0.4 is 0 Å². The maximum atomic E-state index is 12.1. The van der Waals surface area contributed by atoms with E-state index in [1.54, 1.807) is 18.3 Å². The molecular weight excluding hydrogens is 357 g/mol. The fourth-order valence-electron chi connectivity index (χ4n) is 1.74. The number of rotatable bonds is 1. The lowest BCUT2D eigenvalue weighted by Crippen LogP contribution is -2.26. The van der Waals surface area contributed by atoms with Crippen molar-refractivity contribution in [3.63, 3.8) is 0 Å². The molecule has 0 saturated heterocycles. The Bertz CT molecular complexity index is 652. The molecule has 4 nitrogen and oxygen atoms in total. The monoisotopic (exact) mass is 371 g/mol. The van der Waals surface area contributed by atoms with E-state index in [4.69, 9.17) is 4.74 Å². The van der Waals surface area contributed by atoms with Gasteiger partial charge in [-0.3, -0.25) is 9.36 Å². The van der Waals surface area contributed by atoms with E-state index >= 15 is 0 Å². The minimum Gasteiger partial charge on any atom is -0.443 e. The molecule has 5 heteroatoms. The minimum absolute atomic E-state index is 0.441. The zero-order valence-electron chi connectivity index (χ0n) is 10.9. The molecule has 0 N–H and O–H groups in total. The Morgan fingerprint density at radius 3 is 2.63 bits per heavy atom. The Morgan fingerprint density at radius 1 is 1.37 bits per heavy atom.